The van der Waals surface area contributed by atoms with Gasteiger partial charge in [0.25, 0.3) is 0 Å². The minimum atomic E-state index is 0.289. The number of hydrogen-bond acceptors (Lipinski definition) is 3. The van der Waals surface area contributed by atoms with Crippen LogP contribution in [0.3, 0.4) is 0 Å². The number of nitrogens with two attached hydrogens (primary N) is 1. The second-order valence-corrected chi connectivity index (χ2v) is 5.19. The Bertz CT molecular complexity index is 590. The molecule has 0 aliphatic rings. The van der Waals surface area contributed by atoms with E-state index < -0.39 is 0 Å². The van der Waals surface area contributed by atoms with Crippen molar-refractivity contribution in [3.63, 3.8) is 0 Å². The van der Waals surface area contributed by atoms with Gasteiger partial charge in [-0.15, -0.1) is 0 Å². The van der Waals surface area contributed by atoms with Gasteiger partial charge in [-0.25, -0.2) is 0 Å². The standard InChI is InChI=1S/C15H15ClN2OS/c16-12-3-4-14(13(10-12)15(17)20)19-9-1-2-11-5-7-18-8-6-11/h3-8,10H,1-2,9H2,(H2,17,20). The van der Waals surface area contributed by atoms with E-state index >= 15 is 0 Å². The van der Waals surface area contributed by atoms with Gasteiger partial charge in [0, 0.05) is 17.4 Å². The summed E-state index contributed by atoms with van der Waals surface area (Å²) in [5.74, 6) is 0.677. The van der Waals surface area contributed by atoms with Crippen LogP contribution in [0.2, 0.25) is 5.02 Å². The first-order valence-corrected chi connectivity index (χ1v) is 7.06. The molecule has 1 aromatic carbocycles. The Hall–Kier alpha value is -1.65. The van der Waals surface area contributed by atoms with Gasteiger partial charge in [-0.3, -0.25) is 4.98 Å². The van der Waals surface area contributed by atoms with Gasteiger partial charge < -0.3 is 10.5 Å². The summed E-state index contributed by atoms with van der Waals surface area (Å²) < 4.78 is 5.73. The summed E-state index contributed by atoms with van der Waals surface area (Å²) >= 11 is 10.9. The van der Waals surface area contributed by atoms with Crippen molar-refractivity contribution in [3.05, 3.63) is 58.9 Å². The quantitative estimate of drug-likeness (QED) is 0.656. The predicted octanol–water partition coefficient (Wildman–Crippen LogP) is 3.38. The molecule has 1 aromatic heterocycles. The lowest BCUT2D eigenvalue weighted by Crippen LogP contribution is -2.12. The Balaban J connectivity index is 1.90. The first kappa shape index (κ1) is 14.8. The number of pyridine rings is 1. The average Bonchev–Trinajstić information content (AvgIpc) is 2.45. The van der Waals surface area contributed by atoms with Gasteiger partial charge in [0.1, 0.15) is 10.7 Å². The van der Waals surface area contributed by atoms with Crippen LogP contribution in [0.1, 0.15) is 17.5 Å². The SMILES string of the molecule is NC(=S)c1cc(Cl)ccc1OCCCc1ccncc1. The largest absolute Gasteiger partial charge is 0.493 e. The molecule has 2 aromatic rings. The van der Waals surface area contributed by atoms with Crippen molar-refractivity contribution in [1.82, 2.24) is 4.98 Å². The average molecular weight is 307 g/mol. The van der Waals surface area contributed by atoms with Gasteiger partial charge in [-0.2, -0.15) is 0 Å². The van der Waals surface area contributed by atoms with E-state index in [1.54, 1.807) is 30.6 Å². The van der Waals surface area contributed by atoms with Gasteiger partial charge in [0.2, 0.25) is 0 Å². The van der Waals surface area contributed by atoms with Crippen molar-refractivity contribution >= 4 is 28.8 Å². The van der Waals surface area contributed by atoms with E-state index in [-0.39, 0.29) is 4.99 Å². The number of nitrogens with zero attached hydrogens (tertiary/aromatic N) is 1. The third kappa shape index (κ3) is 4.18. The van der Waals surface area contributed by atoms with Gasteiger partial charge >= 0.3 is 0 Å². The van der Waals surface area contributed by atoms with Crippen LogP contribution in [0.15, 0.2) is 42.7 Å². The Morgan fingerprint density at radius 2 is 2.00 bits per heavy atom. The smallest absolute Gasteiger partial charge is 0.129 e. The van der Waals surface area contributed by atoms with Crippen molar-refractivity contribution in [2.75, 3.05) is 6.61 Å². The Kier molecular flexibility index (Phi) is 5.32. The number of ether oxygens (including phenoxy) is 1. The van der Waals surface area contributed by atoms with Crippen LogP contribution in [0, 0.1) is 0 Å². The molecule has 2 rings (SSSR count). The zero-order chi connectivity index (χ0) is 14.4. The number of hydrogen-bond donors (Lipinski definition) is 1. The molecule has 0 spiro atoms. The Morgan fingerprint density at radius 1 is 1.25 bits per heavy atom. The molecule has 3 nitrogen and oxygen atoms in total. The highest BCUT2D eigenvalue weighted by molar-refractivity contribution is 7.80. The summed E-state index contributed by atoms with van der Waals surface area (Å²) in [5.41, 5.74) is 7.59. The van der Waals surface area contributed by atoms with E-state index in [4.69, 9.17) is 34.3 Å². The monoisotopic (exact) mass is 306 g/mol. The molecule has 0 bridgehead atoms. The minimum Gasteiger partial charge on any atom is -0.493 e. The molecule has 104 valence electrons. The fourth-order valence-electron chi connectivity index (χ4n) is 1.83. The van der Waals surface area contributed by atoms with E-state index in [1.807, 2.05) is 12.1 Å². The first-order valence-electron chi connectivity index (χ1n) is 6.28. The number of rotatable bonds is 6. The Labute approximate surface area is 128 Å². The maximum atomic E-state index is 5.93. The van der Waals surface area contributed by atoms with Crippen LogP contribution in [-0.4, -0.2) is 16.6 Å². The van der Waals surface area contributed by atoms with Crippen LogP contribution in [0.25, 0.3) is 0 Å². The van der Waals surface area contributed by atoms with Crippen molar-refractivity contribution in [2.24, 2.45) is 5.73 Å². The molecule has 0 saturated heterocycles. The van der Waals surface area contributed by atoms with Crippen LogP contribution in [0.5, 0.6) is 5.75 Å². The van der Waals surface area contributed by atoms with Crippen molar-refractivity contribution in [2.45, 2.75) is 12.8 Å². The molecule has 0 saturated carbocycles. The number of benzene rings is 1. The molecule has 0 atom stereocenters. The highest BCUT2D eigenvalue weighted by atomic mass is 35.5. The lowest BCUT2D eigenvalue weighted by Gasteiger charge is -2.11. The van der Waals surface area contributed by atoms with Crippen molar-refractivity contribution in [3.8, 4) is 5.75 Å². The van der Waals surface area contributed by atoms with E-state index in [0.29, 0.717) is 22.9 Å². The highest BCUT2D eigenvalue weighted by Crippen LogP contribution is 2.23. The van der Waals surface area contributed by atoms with Gasteiger partial charge in [0.15, 0.2) is 0 Å². The lowest BCUT2D eigenvalue weighted by atomic mass is 10.1. The molecule has 0 fully saturated rings. The number of halogens is 1. The van der Waals surface area contributed by atoms with Gasteiger partial charge in [0.05, 0.1) is 12.2 Å². The molecule has 0 aliphatic carbocycles. The molecule has 2 N–H and O–H groups in total. The second-order valence-electron chi connectivity index (χ2n) is 4.31. The summed E-state index contributed by atoms with van der Waals surface area (Å²) in [6.07, 6.45) is 5.43. The van der Waals surface area contributed by atoms with E-state index in [1.165, 1.54) is 5.56 Å². The minimum absolute atomic E-state index is 0.289. The van der Waals surface area contributed by atoms with Crippen LogP contribution in [-0.2, 0) is 6.42 Å². The van der Waals surface area contributed by atoms with Gasteiger partial charge in [-0.05, 0) is 48.7 Å². The van der Waals surface area contributed by atoms with Crippen LogP contribution < -0.4 is 10.5 Å². The molecular formula is C15H15ClN2OS. The normalized spacial score (nSPS) is 10.2. The fourth-order valence-corrected chi connectivity index (χ4v) is 2.16. The second kappa shape index (κ2) is 7.22. The Morgan fingerprint density at radius 3 is 2.70 bits per heavy atom. The first-order chi connectivity index (χ1) is 9.66. The summed E-state index contributed by atoms with van der Waals surface area (Å²) in [6.45, 7) is 0.597. The van der Waals surface area contributed by atoms with Gasteiger partial charge in [-0.1, -0.05) is 23.8 Å². The molecule has 0 amide bonds. The third-order valence-electron chi connectivity index (χ3n) is 2.82. The molecular weight excluding hydrogens is 292 g/mol. The summed E-state index contributed by atoms with van der Waals surface area (Å²) in [4.78, 5) is 4.28. The molecule has 20 heavy (non-hydrogen) atoms. The summed E-state index contributed by atoms with van der Waals surface area (Å²) in [7, 11) is 0. The van der Waals surface area contributed by atoms with Crippen molar-refractivity contribution < 1.29 is 4.74 Å². The van der Waals surface area contributed by atoms with Crippen LogP contribution in [0.4, 0.5) is 0 Å². The van der Waals surface area contributed by atoms with E-state index in [2.05, 4.69) is 4.98 Å². The molecule has 0 radical (unpaired) electrons. The third-order valence-corrected chi connectivity index (χ3v) is 3.28. The molecule has 1 heterocycles. The molecule has 0 unspecified atom stereocenters. The maximum Gasteiger partial charge on any atom is 0.129 e. The fraction of sp³-hybridized carbons (Fsp3) is 0.200. The zero-order valence-electron chi connectivity index (χ0n) is 10.9. The van der Waals surface area contributed by atoms with E-state index in [9.17, 15) is 0 Å². The molecule has 5 heteroatoms. The summed E-state index contributed by atoms with van der Waals surface area (Å²) in [6, 6.07) is 9.29. The summed E-state index contributed by atoms with van der Waals surface area (Å²) in [5, 5.41) is 0.594. The molecule has 0 aliphatic heterocycles. The number of thiocarbonyl (C=S) groups is 1. The van der Waals surface area contributed by atoms with Crippen molar-refractivity contribution in [1.29, 1.82) is 0 Å². The lowest BCUT2D eigenvalue weighted by molar-refractivity contribution is 0.310. The maximum absolute atomic E-state index is 5.93. The zero-order valence-corrected chi connectivity index (χ0v) is 12.5. The highest BCUT2D eigenvalue weighted by Gasteiger charge is 2.07. The number of aryl methyl sites for hydroxylation is 1. The topological polar surface area (TPSA) is 48.1 Å². The predicted molar refractivity (Wildman–Crippen MR) is 85.4 cm³/mol. The number of aromatic nitrogens is 1. The van der Waals surface area contributed by atoms with E-state index in [0.717, 1.165) is 12.8 Å². The van der Waals surface area contributed by atoms with Crippen LogP contribution >= 0.6 is 23.8 Å².